The van der Waals surface area contributed by atoms with E-state index in [0.29, 0.717) is 22.0 Å². The van der Waals surface area contributed by atoms with Gasteiger partial charge in [0.15, 0.2) is 6.61 Å². The van der Waals surface area contributed by atoms with Crippen LogP contribution in [-0.4, -0.2) is 34.1 Å². The second kappa shape index (κ2) is 6.87. The summed E-state index contributed by atoms with van der Waals surface area (Å²) in [6, 6.07) is 9.35. The smallest absolute Gasteiger partial charge is 0.422 e. The third kappa shape index (κ3) is 4.00. The highest BCUT2D eigenvalue weighted by Crippen LogP contribution is 2.22. The first-order valence-electron chi connectivity index (χ1n) is 7.37. The zero-order valence-corrected chi connectivity index (χ0v) is 13.1. The van der Waals surface area contributed by atoms with E-state index < -0.39 is 18.3 Å². The molecule has 0 saturated carbocycles. The number of aromatic hydroxyl groups is 1. The first kappa shape index (κ1) is 17.5. The van der Waals surface area contributed by atoms with Crippen molar-refractivity contribution in [2.45, 2.75) is 6.18 Å². The Bertz CT molecular complexity index is 1010. The maximum absolute atomic E-state index is 12.1. The van der Waals surface area contributed by atoms with E-state index in [9.17, 15) is 23.1 Å². The lowest BCUT2D eigenvalue weighted by Crippen LogP contribution is -2.19. The van der Waals surface area contributed by atoms with Gasteiger partial charge in [-0.1, -0.05) is 18.2 Å². The molecule has 0 aliphatic rings. The quantitative estimate of drug-likeness (QED) is 0.696. The largest absolute Gasteiger partial charge is 0.494 e. The fourth-order valence-corrected chi connectivity index (χ4v) is 2.25. The van der Waals surface area contributed by atoms with Gasteiger partial charge in [-0.25, -0.2) is 4.98 Å². The summed E-state index contributed by atoms with van der Waals surface area (Å²) in [6.07, 6.45) is -1.88. The Morgan fingerprint density at radius 2 is 1.92 bits per heavy atom. The first-order chi connectivity index (χ1) is 12.3. The molecule has 134 valence electrons. The number of H-pyrrole nitrogens is 1. The van der Waals surface area contributed by atoms with Crippen molar-refractivity contribution in [2.75, 3.05) is 6.61 Å². The molecule has 2 aromatic heterocycles. The molecule has 0 radical (unpaired) electrons. The van der Waals surface area contributed by atoms with E-state index in [-0.39, 0.29) is 11.8 Å². The van der Waals surface area contributed by atoms with Crippen molar-refractivity contribution in [3.63, 3.8) is 0 Å². The number of aromatic amines is 1. The van der Waals surface area contributed by atoms with Gasteiger partial charge in [-0.15, -0.1) is 0 Å². The number of nitrogens with zero attached hydrogens (tertiary/aromatic N) is 2. The molecule has 2 N–H and O–H groups in total. The number of hydrogen-bond acceptors (Lipinski definition) is 5. The van der Waals surface area contributed by atoms with Gasteiger partial charge in [-0.05, 0) is 12.1 Å². The Labute approximate surface area is 144 Å². The maximum atomic E-state index is 12.1. The average Bonchev–Trinajstić information content (AvgIpc) is 2.60. The maximum Gasteiger partial charge on any atom is 0.422 e. The Kier molecular flexibility index (Phi) is 4.61. The van der Waals surface area contributed by atoms with E-state index in [0.717, 1.165) is 0 Å². The number of alkyl halides is 3. The van der Waals surface area contributed by atoms with Gasteiger partial charge in [-0.2, -0.15) is 13.2 Å². The van der Waals surface area contributed by atoms with Crippen molar-refractivity contribution >= 4 is 22.7 Å². The van der Waals surface area contributed by atoms with Crippen molar-refractivity contribution in [1.82, 2.24) is 9.97 Å². The summed E-state index contributed by atoms with van der Waals surface area (Å²) in [5.41, 5.74) is 0.208. The average molecular weight is 363 g/mol. The van der Waals surface area contributed by atoms with Crippen LogP contribution in [0.1, 0.15) is 5.56 Å². The van der Waals surface area contributed by atoms with Crippen LogP contribution < -0.4 is 10.3 Å². The van der Waals surface area contributed by atoms with Crippen molar-refractivity contribution in [2.24, 2.45) is 4.99 Å². The summed E-state index contributed by atoms with van der Waals surface area (Å²) in [5, 5.41) is 10.9. The zero-order valence-electron chi connectivity index (χ0n) is 13.1. The van der Waals surface area contributed by atoms with E-state index in [4.69, 9.17) is 0 Å². The number of nitrogens with one attached hydrogen (secondary N) is 1. The number of fused-ring (bicyclic) bond motifs is 1. The van der Waals surface area contributed by atoms with Gasteiger partial charge in [0.1, 0.15) is 0 Å². The lowest BCUT2D eigenvalue weighted by atomic mass is 10.1. The van der Waals surface area contributed by atoms with Crippen LogP contribution in [0.3, 0.4) is 0 Å². The molecule has 2 heterocycles. The lowest BCUT2D eigenvalue weighted by Gasteiger charge is -2.07. The SMILES string of the molecule is O=c1[nH]c(O)c(C=Nc2ccc(OCC(F)(F)F)nc2)c2ccccc12. The minimum atomic E-state index is -4.44. The standard InChI is InChI=1S/C17H12F3N3O3/c18-17(19,20)9-26-14-6-5-10(7-22-14)21-8-13-11-3-1-2-4-12(11)15(24)23-16(13)25/h1-8H,9H2,(H2,23,24,25). The van der Waals surface area contributed by atoms with E-state index in [2.05, 4.69) is 19.7 Å². The molecule has 0 atom stereocenters. The molecule has 0 bridgehead atoms. The predicted molar refractivity (Wildman–Crippen MR) is 89.3 cm³/mol. The van der Waals surface area contributed by atoms with Crippen LogP contribution in [0.15, 0.2) is 52.4 Å². The number of hydrogen-bond donors (Lipinski definition) is 2. The van der Waals surface area contributed by atoms with Crippen LogP contribution in [0.5, 0.6) is 11.8 Å². The number of aromatic nitrogens is 2. The second-order valence-corrected chi connectivity index (χ2v) is 5.28. The number of ether oxygens (including phenoxy) is 1. The van der Waals surface area contributed by atoms with Gasteiger partial charge in [-0.3, -0.25) is 14.8 Å². The Hall–Kier alpha value is -3.36. The summed E-state index contributed by atoms with van der Waals surface area (Å²) >= 11 is 0. The highest BCUT2D eigenvalue weighted by atomic mass is 19.4. The van der Waals surface area contributed by atoms with Gasteiger partial charge in [0.05, 0.1) is 17.4 Å². The van der Waals surface area contributed by atoms with Crippen LogP contribution in [0.4, 0.5) is 18.9 Å². The van der Waals surface area contributed by atoms with Crippen LogP contribution in [-0.2, 0) is 0 Å². The zero-order chi connectivity index (χ0) is 18.7. The molecule has 0 amide bonds. The number of rotatable bonds is 4. The van der Waals surface area contributed by atoms with Crippen molar-refractivity contribution in [1.29, 1.82) is 0 Å². The van der Waals surface area contributed by atoms with Gasteiger partial charge in [0.2, 0.25) is 11.8 Å². The van der Waals surface area contributed by atoms with Crippen LogP contribution in [0.2, 0.25) is 0 Å². The van der Waals surface area contributed by atoms with Crippen molar-refractivity contribution < 1.29 is 23.0 Å². The fraction of sp³-hybridized carbons (Fsp3) is 0.118. The van der Waals surface area contributed by atoms with Crippen LogP contribution in [0, 0.1) is 0 Å². The molecule has 9 heteroatoms. The molecular formula is C17H12F3N3O3. The van der Waals surface area contributed by atoms with Gasteiger partial charge >= 0.3 is 6.18 Å². The predicted octanol–water partition coefficient (Wildman–Crippen LogP) is 3.32. The van der Waals surface area contributed by atoms with Crippen LogP contribution in [0.25, 0.3) is 10.8 Å². The number of benzene rings is 1. The molecule has 0 fully saturated rings. The Morgan fingerprint density at radius 1 is 1.19 bits per heavy atom. The molecule has 3 rings (SSSR count). The molecule has 0 saturated heterocycles. The molecule has 0 aliphatic heterocycles. The molecule has 6 nitrogen and oxygen atoms in total. The van der Waals surface area contributed by atoms with E-state index >= 15 is 0 Å². The number of halogens is 3. The third-order valence-electron chi connectivity index (χ3n) is 3.40. The topological polar surface area (TPSA) is 87.6 Å². The summed E-state index contributed by atoms with van der Waals surface area (Å²) in [7, 11) is 0. The normalized spacial score (nSPS) is 12.0. The Balaban J connectivity index is 1.85. The lowest BCUT2D eigenvalue weighted by molar-refractivity contribution is -0.154. The Morgan fingerprint density at radius 3 is 2.58 bits per heavy atom. The minimum Gasteiger partial charge on any atom is -0.494 e. The first-order valence-corrected chi connectivity index (χ1v) is 7.37. The summed E-state index contributed by atoms with van der Waals surface area (Å²) in [6.45, 7) is -1.43. The molecule has 0 spiro atoms. The van der Waals surface area contributed by atoms with Gasteiger partial charge in [0, 0.05) is 23.1 Å². The minimum absolute atomic E-state index is 0.182. The van der Waals surface area contributed by atoms with Crippen LogP contribution >= 0.6 is 0 Å². The second-order valence-electron chi connectivity index (χ2n) is 5.28. The molecule has 0 unspecified atom stereocenters. The van der Waals surface area contributed by atoms with Gasteiger partial charge < -0.3 is 9.84 Å². The molecule has 26 heavy (non-hydrogen) atoms. The van der Waals surface area contributed by atoms with E-state index in [1.807, 2.05) is 0 Å². The molecule has 0 aliphatic carbocycles. The van der Waals surface area contributed by atoms with E-state index in [1.165, 1.54) is 24.5 Å². The highest BCUT2D eigenvalue weighted by Gasteiger charge is 2.28. The monoisotopic (exact) mass is 363 g/mol. The number of aliphatic imine (C=N–C) groups is 1. The summed E-state index contributed by atoms with van der Waals surface area (Å²) in [4.78, 5) is 22.0. The molecule has 1 aromatic carbocycles. The molecule has 3 aromatic rings. The van der Waals surface area contributed by atoms with Crippen molar-refractivity contribution in [3.05, 3.63) is 58.5 Å². The summed E-state index contributed by atoms with van der Waals surface area (Å²) in [5.74, 6) is -0.519. The van der Waals surface area contributed by atoms with Gasteiger partial charge in [0.25, 0.3) is 5.56 Å². The third-order valence-corrected chi connectivity index (χ3v) is 3.40. The van der Waals surface area contributed by atoms with Crippen molar-refractivity contribution in [3.8, 4) is 11.8 Å². The highest BCUT2D eigenvalue weighted by molar-refractivity contribution is 6.01. The van der Waals surface area contributed by atoms with E-state index in [1.54, 1.807) is 24.3 Å². The molecular weight excluding hydrogens is 351 g/mol. The fourth-order valence-electron chi connectivity index (χ4n) is 2.25. The summed E-state index contributed by atoms with van der Waals surface area (Å²) < 4.78 is 40.8. The number of pyridine rings is 2.